The molecule has 0 aliphatic carbocycles. The Kier molecular flexibility index (Phi) is 2.30. The second-order valence-electron chi connectivity index (χ2n) is 2.24. The van der Waals surface area contributed by atoms with E-state index in [0.29, 0.717) is 0 Å². The molecule has 0 spiro atoms. The standard InChI is InChI=1S/C8H5NS3/c10-8-4-7(11-12-8)6-2-1-3-9-5-6/h1-5H. The molecule has 0 fully saturated rings. The van der Waals surface area contributed by atoms with Gasteiger partial charge in [0.2, 0.25) is 0 Å². The molecule has 0 amide bonds. The molecule has 1 nitrogen and oxygen atoms in total. The first-order valence-electron chi connectivity index (χ1n) is 3.37. The van der Waals surface area contributed by atoms with Crippen molar-refractivity contribution in [1.82, 2.24) is 4.98 Å². The van der Waals surface area contributed by atoms with Crippen LogP contribution in [0.4, 0.5) is 0 Å². The molecule has 12 heavy (non-hydrogen) atoms. The van der Waals surface area contributed by atoms with Crippen LogP contribution in [0.2, 0.25) is 0 Å². The van der Waals surface area contributed by atoms with Crippen molar-refractivity contribution in [3.8, 4) is 10.4 Å². The summed E-state index contributed by atoms with van der Waals surface area (Å²) in [5.74, 6) is 0. The van der Waals surface area contributed by atoms with Gasteiger partial charge in [-0.05, 0) is 12.1 Å². The van der Waals surface area contributed by atoms with Crippen LogP contribution in [-0.4, -0.2) is 4.98 Å². The fourth-order valence-corrected chi connectivity index (χ4v) is 3.27. The van der Waals surface area contributed by atoms with Gasteiger partial charge >= 0.3 is 0 Å². The van der Waals surface area contributed by atoms with Gasteiger partial charge in [0.05, 0.1) is 0 Å². The van der Waals surface area contributed by atoms with Gasteiger partial charge in [0.1, 0.15) is 3.82 Å². The minimum atomic E-state index is 0.943. The molecule has 0 aliphatic heterocycles. The van der Waals surface area contributed by atoms with Crippen LogP contribution >= 0.6 is 32.9 Å². The minimum absolute atomic E-state index is 0.943. The van der Waals surface area contributed by atoms with Gasteiger partial charge in [-0.25, -0.2) is 0 Å². The summed E-state index contributed by atoms with van der Waals surface area (Å²) in [7, 11) is 3.33. The summed E-state index contributed by atoms with van der Waals surface area (Å²) in [6, 6.07) is 5.99. The lowest BCUT2D eigenvalue weighted by atomic mass is 10.2. The molecular formula is C8H5NS3. The van der Waals surface area contributed by atoms with Crippen LogP contribution in [0, 0.1) is 3.82 Å². The van der Waals surface area contributed by atoms with Crippen molar-refractivity contribution in [3.63, 3.8) is 0 Å². The van der Waals surface area contributed by atoms with Crippen LogP contribution in [0.25, 0.3) is 10.4 Å². The van der Waals surface area contributed by atoms with Crippen molar-refractivity contribution >= 4 is 32.9 Å². The topological polar surface area (TPSA) is 12.9 Å². The van der Waals surface area contributed by atoms with Crippen LogP contribution in [0.3, 0.4) is 0 Å². The Bertz CT molecular complexity index is 415. The lowest BCUT2D eigenvalue weighted by Crippen LogP contribution is -1.72. The highest BCUT2D eigenvalue weighted by molar-refractivity contribution is 7.80. The van der Waals surface area contributed by atoms with E-state index in [9.17, 15) is 0 Å². The number of pyridine rings is 1. The molecule has 2 aromatic rings. The molecule has 0 atom stereocenters. The molecule has 60 valence electrons. The first-order valence-corrected chi connectivity index (χ1v) is 5.92. The van der Waals surface area contributed by atoms with Gasteiger partial charge in [0.15, 0.2) is 0 Å². The number of hydrogen-bond acceptors (Lipinski definition) is 4. The van der Waals surface area contributed by atoms with Crippen LogP contribution < -0.4 is 0 Å². The van der Waals surface area contributed by atoms with Crippen molar-refractivity contribution < 1.29 is 0 Å². The number of aromatic nitrogens is 1. The Labute approximate surface area is 82.7 Å². The van der Waals surface area contributed by atoms with E-state index in [1.54, 1.807) is 26.9 Å². The summed E-state index contributed by atoms with van der Waals surface area (Å²) in [5.41, 5.74) is 1.15. The monoisotopic (exact) mass is 211 g/mol. The van der Waals surface area contributed by atoms with Crippen LogP contribution in [-0.2, 0) is 0 Å². The third-order valence-electron chi connectivity index (χ3n) is 1.41. The van der Waals surface area contributed by atoms with Crippen LogP contribution in [0.5, 0.6) is 0 Å². The van der Waals surface area contributed by atoms with Crippen LogP contribution in [0.1, 0.15) is 0 Å². The van der Waals surface area contributed by atoms with Gasteiger partial charge in [-0.3, -0.25) is 4.98 Å². The number of hydrogen-bond donors (Lipinski definition) is 0. The lowest BCUT2D eigenvalue weighted by molar-refractivity contribution is 1.33. The zero-order valence-electron chi connectivity index (χ0n) is 6.06. The Morgan fingerprint density at radius 3 is 2.83 bits per heavy atom. The maximum Gasteiger partial charge on any atom is 0.102 e. The van der Waals surface area contributed by atoms with E-state index in [4.69, 9.17) is 12.2 Å². The van der Waals surface area contributed by atoms with Crippen molar-refractivity contribution in [3.05, 3.63) is 34.4 Å². The van der Waals surface area contributed by atoms with Gasteiger partial charge in [-0.2, -0.15) is 0 Å². The first-order chi connectivity index (χ1) is 5.86. The second kappa shape index (κ2) is 3.43. The molecule has 0 aromatic carbocycles. The molecule has 2 heterocycles. The minimum Gasteiger partial charge on any atom is -0.264 e. The van der Waals surface area contributed by atoms with Gasteiger partial charge in [-0.1, -0.05) is 39.0 Å². The summed E-state index contributed by atoms with van der Waals surface area (Å²) < 4.78 is 0.943. The molecule has 0 saturated heterocycles. The lowest BCUT2D eigenvalue weighted by Gasteiger charge is -1.91. The third-order valence-corrected chi connectivity index (χ3v) is 4.32. The SMILES string of the molecule is S=c1cc(-c2cccnc2)ss1. The van der Waals surface area contributed by atoms with Crippen molar-refractivity contribution in [2.24, 2.45) is 0 Å². The van der Waals surface area contributed by atoms with E-state index in [-0.39, 0.29) is 0 Å². The predicted octanol–water partition coefficient (Wildman–Crippen LogP) is 3.60. The van der Waals surface area contributed by atoms with E-state index in [1.807, 2.05) is 24.4 Å². The number of nitrogens with zero attached hydrogens (tertiary/aromatic N) is 1. The molecule has 0 N–H and O–H groups in total. The quantitative estimate of drug-likeness (QED) is 0.528. The normalized spacial score (nSPS) is 10.0. The highest BCUT2D eigenvalue weighted by atomic mass is 32.9. The zero-order valence-corrected chi connectivity index (χ0v) is 8.51. The van der Waals surface area contributed by atoms with Gasteiger partial charge in [0.25, 0.3) is 0 Å². The molecule has 0 radical (unpaired) electrons. The maximum absolute atomic E-state index is 5.04. The molecule has 0 saturated carbocycles. The van der Waals surface area contributed by atoms with Crippen molar-refractivity contribution in [2.75, 3.05) is 0 Å². The van der Waals surface area contributed by atoms with E-state index >= 15 is 0 Å². The van der Waals surface area contributed by atoms with E-state index in [0.717, 1.165) is 9.39 Å². The molecule has 0 unspecified atom stereocenters. The van der Waals surface area contributed by atoms with E-state index in [1.165, 1.54) is 4.88 Å². The predicted molar refractivity (Wildman–Crippen MR) is 56.3 cm³/mol. The Hall–Kier alpha value is -0.580. The van der Waals surface area contributed by atoms with Gasteiger partial charge < -0.3 is 0 Å². The molecule has 2 rings (SSSR count). The second-order valence-corrected chi connectivity index (χ2v) is 5.15. The Morgan fingerprint density at radius 1 is 1.33 bits per heavy atom. The summed E-state index contributed by atoms with van der Waals surface area (Å²) in [5, 5.41) is 0. The van der Waals surface area contributed by atoms with Gasteiger partial charge in [0, 0.05) is 22.8 Å². The highest BCUT2D eigenvalue weighted by Crippen LogP contribution is 2.28. The molecule has 4 heteroatoms. The van der Waals surface area contributed by atoms with Crippen molar-refractivity contribution in [2.45, 2.75) is 0 Å². The highest BCUT2D eigenvalue weighted by Gasteiger charge is 1.98. The molecule has 2 aromatic heterocycles. The summed E-state index contributed by atoms with van der Waals surface area (Å²) in [4.78, 5) is 5.25. The van der Waals surface area contributed by atoms with Gasteiger partial charge in [-0.15, -0.1) is 0 Å². The Balaban J connectivity index is 2.51. The zero-order chi connectivity index (χ0) is 8.39. The molecular weight excluding hydrogens is 206 g/mol. The van der Waals surface area contributed by atoms with E-state index < -0.39 is 0 Å². The average Bonchev–Trinajstić information content (AvgIpc) is 2.54. The van der Waals surface area contributed by atoms with Crippen LogP contribution in [0.15, 0.2) is 30.6 Å². The average molecular weight is 211 g/mol. The maximum atomic E-state index is 5.04. The third kappa shape index (κ3) is 1.60. The largest absolute Gasteiger partial charge is 0.264 e. The van der Waals surface area contributed by atoms with Crippen molar-refractivity contribution in [1.29, 1.82) is 0 Å². The summed E-state index contributed by atoms with van der Waals surface area (Å²) in [6.07, 6.45) is 3.63. The smallest absolute Gasteiger partial charge is 0.102 e. The number of rotatable bonds is 1. The fourth-order valence-electron chi connectivity index (χ4n) is 0.881. The first kappa shape index (κ1) is 8.04. The summed E-state index contributed by atoms with van der Waals surface area (Å²) >= 11 is 5.04. The summed E-state index contributed by atoms with van der Waals surface area (Å²) in [6.45, 7) is 0. The Morgan fingerprint density at radius 2 is 2.25 bits per heavy atom. The molecule has 0 aliphatic rings. The fraction of sp³-hybridized carbons (Fsp3) is 0. The molecule has 0 bridgehead atoms. The van der Waals surface area contributed by atoms with E-state index in [2.05, 4.69) is 4.98 Å².